The lowest BCUT2D eigenvalue weighted by Crippen LogP contribution is -2.38. The van der Waals surface area contributed by atoms with Crippen molar-refractivity contribution in [1.29, 1.82) is 0 Å². The molecule has 1 aliphatic heterocycles. The molecule has 2 N–H and O–H groups in total. The molecule has 0 amide bonds. The van der Waals surface area contributed by atoms with Gasteiger partial charge in [0.15, 0.2) is 0 Å². The number of hydrogen-bond acceptors (Lipinski definition) is 3. The minimum absolute atomic E-state index is 0.182. The van der Waals surface area contributed by atoms with Gasteiger partial charge in [-0.2, -0.15) is 0 Å². The molecule has 0 radical (unpaired) electrons. The number of hydrazine groups is 1. The molecule has 0 saturated carbocycles. The van der Waals surface area contributed by atoms with Crippen LogP contribution in [0.2, 0.25) is 0 Å². The van der Waals surface area contributed by atoms with Gasteiger partial charge in [0.05, 0.1) is 6.10 Å². The average molecular weight is 238 g/mol. The molecular formula is C13H19FN2O. The van der Waals surface area contributed by atoms with Crippen molar-refractivity contribution in [3.63, 3.8) is 0 Å². The summed E-state index contributed by atoms with van der Waals surface area (Å²) in [5, 5.41) is 0. The minimum atomic E-state index is -0.182. The molecule has 0 aliphatic carbocycles. The third kappa shape index (κ3) is 4.42. The normalized spacial score (nSPS) is 19.7. The van der Waals surface area contributed by atoms with E-state index in [9.17, 15) is 4.39 Å². The zero-order chi connectivity index (χ0) is 11.9. The second-order valence-electron chi connectivity index (χ2n) is 4.32. The predicted octanol–water partition coefficient (Wildman–Crippen LogP) is 1.64. The van der Waals surface area contributed by atoms with Crippen molar-refractivity contribution in [3.05, 3.63) is 35.6 Å². The van der Waals surface area contributed by atoms with Gasteiger partial charge in [0.1, 0.15) is 5.82 Å². The van der Waals surface area contributed by atoms with E-state index in [2.05, 4.69) is 10.9 Å². The third-order valence-electron chi connectivity index (χ3n) is 2.93. The molecule has 17 heavy (non-hydrogen) atoms. The number of ether oxygens (including phenoxy) is 1. The highest BCUT2D eigenvalue weighted by atomic mass is 19.1. The molecule has 1 unspecified atom stereocenters. The van der Waals surface area contributed by atoms with Gasteiger partial charge >= 0.3 is 0 Å². The summed E-state index contributed by atoms with van der Waals surface area (Å²) in [5.74, 6) is -0.182. The molecule has 0 spiro atoms. The molecule has 1 aromatic carbocycles. The summed E-state index contributed by atoms with van der Waals surface area (Å²) in [6, 6.07) is 6.62. The molecule has 94 valence electrons. The van der Waals surface area contributed by atoms with Crippen molar-refractivity contribution < 1.29 is 9.13 Å². The Morgan fingerprint density at radius 3 is 2.76 bits per heavy atom. The van der Waals surface area contributed by atoms with Gasteiger partial charge in [-0.15, -0.1) is 0 Å². The molecule has 0 aromatic heterocycles. The van der Waals surface area contributed by atoms with Crippen molar-refractivity contribution >= 4 is 0 Å². The van der Waals surface area contributed by atoms with Crippen LogP contribution in [-0.2, 0) is 11.2 Å². The molecule has 1 heterocycles. The van der Waals surface area contributed by atoms with Gasteiger partial charge in [-0.25, -0.2) is 4.39 Å². The van der Waals surface area contributed by atoms with Crippen molar-refractivity contribution in [2.45, 2.75) is 25.4 Å². The van der Waals surface area contributed by atoms with Gasteiger partial charge in [-0.05, 0) is 37.0 Å². The number of halogens is 1. The van der Waals surface area contributed by atoms with E-state index in [0.29, 0.717) is 6.10 Å². The fraction of sp³-hybridized carbons (Fsp3) is 0.538. The Hall–Kier alpha value is -0.970. The molecular weight excluding hydrogens is 219 g/mol. The summed E-state index contributed by atoms with van der Waals surface area (Å²) >= 11 is 0. The molecule has 1 aromatic rings. The first-order valence-electron chi connectivity index (χ1n) is 6.16. The van der Waals surface area contributed by atoms with Crippen molar-refractivity contribution in [1.82, 2.24) is 10.9 Å². The Morgan fingerprint density at radius 2 is 2.06 bits per heavy atom. The van der Waals surface area contributed by atoms with E-state index in [1.54, 1.807) is 0 Å². The van der Waals surface area contributed by atoms with Gasteiger partial charge < -0.3 is 4.74 Å². The monoisotopic (exact) mass is 238 g/mol. The lowest BCUT2D eigenvalue weighted by atomic mass is 10.1. The Labute approximate surface area is 101 Å². The van der Waals surface area contributed by atoms with Crippen molar-refractivity contribution in [3.8, 4) is 0 Å². The fourth-order valence-corrected chi connectivity index (χ4v) is 1.94. The molecule has 4 heteroatoms. The summed E-state index contributed by atoms with van der Waals surface area (Å²) in [4.78, 5) is 0. The molecule has 1 fully saturated rings. The Bertz CT molecular complexity index is 323. The van der Waals surface area contributed by atoms with E-state index in [4.69, 9.17) is 4.74 Å². The maximum absolute atomic E-state index is 12.7. The first kappa shape index (κ1) is 12.5. The maximum Gasteiger partial charge on any atom is 0.123 e. The second kappa shape index (κ2) is 6.69. The van der Waals surface area contributed by atoms with Crippen LogP contribution in [0, 0.1) is 5.82 Å². The van der Waals surface area contributed by atoms with Gasteiger partial charge in [-0.1, -0.05) is 12.1 Å². The topological polar surface area (TPSA) is 33.3 Å². The van der Waals surface area contributed by atoms with Crippen LogP contribution in [0.4, 0.5) is 4.39 Å². The molecule has 2 rings (SSSR count). The largest absolute Gasteiger partial charge is 0.377 e. The second-order valence-corrected chi connectivity index (χ2v) is 4.32. The first-order chi connectivity index (χ1) is 8.34. The summed E-state index contributed by atoms with van der Waals surface area (Å²) in [6.45, 7) is 2.57. The molecule has 1 saturated heterocycles. The standard InChI is InChI=1S/C13H19FN2O/c14-12-5-3-11(4-6-12)7-8-15-16-10-13-2-1-9-17-13/h3-6,13,15-16H,1-2,7-10H2. The summed E-state index contributed by atoms with van der Waals surface area (Å²) < 4.78 is 18.1. The zero-order valence-corrected chi connectivity index (χ0v) is 9.92. The predicted molar refractivity (Wildman–Crippen MR) is 65.1 cm³/mol. The zero-order valence-electron chi connectivity index (χ0n) is 9.92. The summed E-state index contributed by atoms with van der Waals surface area (Å²) in [6.07, 6.45) is 3.56. The van der Waals surface area contributed by atoms with Crippen LogP contribution in [0.3, 0.4) is 0 Å². The SMILES string of the molecule is Fc1ccc(CCNNCC2CCCO2)cc1. The Balaban J connectivity index is 1.55. The van der Waals surface area contributed by atoms with E-state index < -0.39 is 0 Å². The van der Waals surface area contributed by atoms with Crippen LogP contribution in [0.15, 0.2) is 24.3 Å². The van der Waals surface area contributed by atoms with Crippen LogP contribution in [0.1, 0.15) is 18.4 Å². The highest BCUT2D eigenvalue weighted by molar-refractivity contribution is 5.16. The number of hydrogen-bond donors (Lipinski definition) is 2. The lowest BCUT2D eigenvalue weighted by molar-refractivity contribution is 0.107. The van der Waals surface area contributed by atoms with Gasteiger partial charge in [0.2, 0.25) is 0 Å². The van der Waals surface area contributed by atoms with Crippen molar-refractivity contribution in [2.75, 3.05) is 19.7 Å². The average Bonchev–Trinajstić information content (AvgIpc) is 2.84. The highest BCUT2D eigenvalue weighted by Gasteiger charge is 2.14. The molecule has 1 aliphatic rings. The smallest absolute Gasteiger partial charge is 0.123 e. The molecule has 0 bridgehead atoms. The van der Waals surface area contributed by atoms with Gasteiger partial charge in [-0.3, -0.25) is 10.9 Å². The van der Waals surface area contributed by atoms with E-state index in [-0.39, 0.29) is 5.82 Å². The van der Waals surface area contributed by atoms with Crippen LogP contribution in [0.25, 0.3) is 0 Å². The van der Waals surface area contributed by atoms with E-state index in [0.717, 1.165) is 38.1 Å². The number of nitrogens with one attached hydrogen (secondary N) is 2. The maximum atomic E-state index is 12.7. The van der Waals surface area contributed by atoms with Crippen LogP contribution in [-0.4, -0.2) is 25.8 Å². The molecule has 1 atom stereocenters. The Kier molecular flexibility index (Phi) is 4.91. The number of rotatable bonds is 6. The summed E-state index contributed by atoms with van der Waals surface area (Å²) in [5.41, 5.74) is 7.45. The molecule has 3 nitrogen and oxygen atoms in total. The summed E-state index contributed by atoms with van der Waals surface area (Å²) in [7, 11) is 0. The van der Waals surface area contributed by atoms with E-state index >= 15 is 0 Å². The van der Waals surface area contributed by atoms with Crippen LogP contribution < -0.4 is 10.9 Å². The van der Waals surface area contributed by atoms with E-state index in [1.807, 2.05) is 12.1 Å². The Morgan fingerprint density at radius 1 is 1.24 bits per heavy atom. The van der Waals surface area contributed by atoms with Gasteiger partial charge in [0.25, 0.3) is 0 Å². The van der Waals surface area contributed by atoms with E-state index in [1.165, 1.54) is 18.6 Å². The first-order valence-corrected chi connectivity index (χ1v) is 6.16. The lowest BCUT2D eigenvalue weighted by Gasteiger charge is -2.11. The quantitative estimate of drug-likeness (QED) is 0.584. The highest BCUT2D eigenvalue weighted by Crippen LogP contribution is 2.10. The van der Waals surface area contributed by atoms with Crippen LogP contribution >= 0.6 is 0 Å². The van der Waals surface area contributed by atoms with Crippen LogP contribution in [0.5, 0.6) is 0 Å². The third-order valence-corrected chi connectivity index (χ3v) is 2.93. The van der Waals surface area contributed by atoms with Gasteiger partial charge in [0, 0.05) is 19.7 Å². The fourth-order valence-electron chi connectivity index (χ4n) is 1.94. The van der Waals surface area contributed by atoms with Crippen molar-refractivity contribution in [2.24, 2.45) is 0 Å². The number of benzene rings is 1. The minimum Gasteiger partial charge on any atom is -0.377 e.